The topological polar surface area (TPSA) is 41.5 Å². The third kappa shape index (κ3) is 5.79. The van der Waals surface area contributed by atoms with Gasteiger partial charge in [0, 0.05) is 12.6 Å². The molecule has 0 heterocycles. The van der Waals surface area contributed by atoms with E-state index in [1.807, 2.05) is 20.8 Å². The molecular weight excluding hydrogens is 271 g/mol. The van der Waals surface area contributed by atoms with E-state index < -0.39 is 12.5 Å². The summed E-state index contributed by atoms with van der Waals surface area (Å²) in [6, 6.07) is 5.63. The first kappa shape index (κ1) is 16.8. The molecule has 0 saturated heterocycles. The maximum atomic E-state index is 12.0. The molecule has 0 radical (unpaired) electrons. The number of benzene rings is 1. The van der Waals surface area contributed by atoms with Crippen molar-refractivity contribution in [3.8, 4) is 5.75 Å². The summed E-state index contributed by atoms with van der Waals surface area (Å²) in [6.45, 7) is 6.15. The number of halogens is 3. The second-order valence-corrected chi connectivity index (χ2v) is 5.06. The van der Waals surface area contributed by atoms with Crippen LogP contribution < -0.4 is 10.1 Å². The standard InChI is InChI=1S/C14H20F3NO2/c1-9(2)13(19)8-18-10(3)11-4-6-12(7-5-11)20-14(15,16)17/h4-7,9-10,13,18-19H,8H2,1-3H3. The lowest BCUT2D eigenvalue weighted by Crippen LogP contribution is -2.32. The minimum absolute atomic E-state index is 0.0664. The molecule has 2 atom stereocenters. The molecule has 20 heavy (non-hydrogen) atoms. The number of aliphatic hydroxyl groups excluding tert-OH is 1. The third-order valence-corrected chi connectivity index (χ3v) is 3.02. The number of nitrogens with one attached hydrogen (secondary N) is 1. The van der Waals surface area contributed by atoms with Gasteiger partial charge in [-0.25, -0.2) is 0 Å². The average Bonchev–Trinajstić information content (AvgIpc) is 2.34. The summed E-state index contributed by atoms with van der Waals surface area (Å²) in [5, 5.41) is 12.8. The molecule has 0 aliphatic carbocycles. The van der Waals surface area contributed by atoms with Gasteiger partial charge in [0.1, 0.15) is 5.75 Å². The van der Waals surface area contributed by atoms with Gasteiger partial charge in [0.2, 0.25) is 0 Å². The zero-order valence-electron chi connectivity index (χ0n) is 11.7. The Bertz CT molecular complexity index is 404. The molecule has 0 aromatic heterocycles. The van der Waals surface area contributed by atoms with Gasteiger partial charge in [-0.1, -0.05) is 26.0 Å². The summed E-state index contributed by atoms with van der Waals surface area (Å²) in [7, 11) is 0. The molecule has 2 unspecified atom stereocenters. The number of aliphatic hydroxyl groups is 1. The molecular formula is C14H20F3NO2. The maximum absolute atomic E-state index is 12.0. The maximum Gasteiger partial charge on any atom is 0.573 e. The highest BCUT2D eigenvalue weighted by Crippen LogP contribution is 2.24. The lowest BCUT2D eigenvalue weighted by Gasteiger charge is -2.20. The molecule has 0 saturated carbocycles. The Morgan fingerprint density at radius 1 is 1.15 bits per heavy atom. The molecule has 0 amide bonds. The lowest BCUT2D eigenvalue weighted by molar-refractivity contribution is -0.274. The molecule has 114 valence electrons. The minimum Gasteiger partial charge on any atom is -0.406 e. The summed E-state index contributed by atoms with van der Waals surface area (Å²) >= 11 is 0. The van der Waals surface area contributed by atoms with E-state index in [4.69, 9.17) is 0 Å². The van der Waals surface area contributed by atoms with E-state index in [0.717, 1.165) is 5.56 Å². The molecule has 0 aliphatic rings. The summed E-state index contributed by atoms with van der Waals surface area (Å²) in [5.41, 5.74) is 0.829. The van der Waals surface area contributed by atoms with Gasteiger partial charge in [-0.15, -0.1) is 13.2 Å². The molecule has 2 N–H and O–H groups in total. The van der Waals surface area contributed by atoms with Crippen LogP contribution in [0.5, 0.6) is 5.75 Å². The first-order valence-corrected chi connectivity index (χ1v) is 6.46. The monoisotopic (exact) mass is 291 g/mol. The quantitative estimate of drug-likeness (QED) is 0.845. The van der Waals surface area contributed by atoms with Crippen molar-refractivity contribution in [2.24, 2.45) is 5.92 Å². The molecule has 1 aromatic rings. The van der Waals surface area contributed by atoms with Crippen molar-refractivity contribution in [1.29, 1.82) is 0 Å². The van der Waals surface area contributed by atoms with Crippen molar-refractivity contribution < 1.29 is 23.0 Å². The molecule has 1 aromatic carbocycles. The van der Waals surface area contributed by atoms with Gasteiger partial charge in [-0.05, 0) is 30.5 Å². The fourth-order valence-corrected chi connectivity index (χ4v) is 1.61. The Labute approximate surface area is 116 Å². The number of rotatable bonds is 6. The second-order valence-electron chi connectivity index (χ2n) is 5.06. The smallest absolute Gasteiger partial charge is 0.406 e. The number of ether oxygens (including phenoxy) is 1. The molecule has 3 nitrogen and oxygen atoms in total. The van der Waals surface area contributed by atoms with Crippen LogP contribution in [0.4, 0.5) is 13.2 Å². The van der Waals surface area contributed by atoms with Gasteiger partial charge in [0.05, 0.1) is 6.10 Å². The van der Waals surface area contributed by atoms with Gasteiger partial charge in [0.25, 0.3) is 0 Å². The van der Waals surface area contributed by atoms with E-state index in [1.165, 1.54) is 12.1 Å². The Morgan fingerprint density at radius 2 is 1.70 bits per heavy atom. The van der Waals surface area contributed by atoms with Crippen LogP contribution >= 0.6 is 0 Å². The van der Waals surface area contributed by atoms with Crippen LogP contribution in [0, 0.1) is 5.92 Å². The van der Waals surface area contributed by atoms with Crippen molar-refractivity contribution in [1.82, 2.24) is 5.32 Å². The summed E-state index contributed by atoms with van der Waals surface area (Å²) in [4.78, 5) is 0. The molecule has 0 aliphatic heterocycles. The van der Waals surface area contributed by atoms with Gasteiger partial charge in [0.15, 0.2) is 0 Å². The van der Waals surface area contributed by atoms with E-state index in [0.29, 0.717) is 6.54 Å². The third-order valence-electron chi connectivity index (χ3n) is 3.02. The summed E-state index contributed by atoms with van der Waals surface area (Å²) in [6.07, 6.45) is -5.13. The molecule has 0 spiro atoms. The van der Waals surface area contributed by atoms with Crippen LogP contribution in [0.15, 0.2) is 24.3 Å². The highest BCUT2D eigenvalue weighted by atomic mass is 19.4. The highest BCUT2D eigenvalue weighted by Gasteiger charge is 2.31. The lowest BCUT2D eigenvalue weighted by atomic mass is 10.1. The predicted molar refractivity (Wildman–Crippen MR) is 70.4 cm³/mol. The predicted octanol–water partition coefficient (Wildman–Crippen LogP) is 3.25. The molecule has 0 bridgehead atoms. The Morgan fingerprint density at radius 3 is 2.15 bits per heavy atom. The van der Waals surface area contributed by atoms with Gasteiger partial charge < -0.3 is 15.2 Å². The van der Waals surface area contributed by atoms with Crippen molar-refractivity contribution in [2.45, 2.75) is 39.3 Å². The zero-order chi connectivity index (χ0) is 15.3. The van der Waals surface area contributed by atoms with Crippen LogP contribution in [-0.2, 0) is 0 Å². The highest BCUT2D eigenvalue weighted by molar-refractivity contribution is 5.29. The van der Waals surface area contributed by atoms with Gasteiger partial charge in [-0.2, -0.15) is 0 Å². The summed E-state index contributed by atoms with van der Waals surface area (Å²) in [5.74, 6) is -0.0899. The molecule has 0 fully saturated rings. The number of hydrogen-bond donors (Lipinski definition) is 2. The van der Waals surface area contributed by atoms with Crippen LogP contribution in [0.2, 0.25) is 0 Å². The summed E-state index contributed by atoms with van der Waals surface area (Å²) < 4.78 is 39.9. The normalized spacial score (nSPS) is 15.2. The molecule has 1 rings (SSSR count). The van der Waals surface area contributed by atoms with Gasteiger partial charge in [-0.3, -0.25) is 0 Å². The van der Waals surface area contributed by atoms with Crippen molar-refractivity contribution in [2.75, 3.05) is 6.54 Å². The number of hydrogen-bond acceptors (Lipinski definition) is 3. The first-order chi connectivity index (χ1) is 9.19. The average molecular weight is 291 g/mol. The second kappa shape index (κ2) is 6.95. The largest absolute Gasteiger partial charge is 0.573 e. The van der Waals surface area contributed by atoms with Crippen molar-refractivity contribution in [3.05, 3.63) is 29.8 Å². The number of alkyl halides is 3. The molecule has 6 heteroatoms. The van der Waals surface area contributed by atoms with Crippen molar-refractivity contribution in [3.63, 3.8) is 0 Å². The Kier molecular flexibility index (Phi) is 5.83. The van der Waals surface area contributed by atoms with E-state index in [1.54, 1.807) is 12.1 Å². The minimum atomic E-state index is -4.67. The van der Waals surface area contributed by atoms with Crippen LogP contribution in [0.1, 0.15) is 32.4 Å². The van der Waals surface area contributed by atoms with Crippen molar-refractivity contribution >= 4 is 0 Å². The van der Waals surface area contributed by atoms with Crippen LogP contribution in [-0.4, -0.2) is 24.1 Å². The van der Waals surface area contributed by atoms with Gasteiger partial charge >= 0.3 is 6.36 Å². The van der Waals surface area contributed by atoms with E-state index in [9.17, 15) is 18.3 Å². The Hall–Kier alpha value is -1.27. The van der Waals surface area contributed by atoms with Crippen LogP contribution in [0.25, 0.3) is 0 Å². The zero-order valence-corrected chi connectivity index (χ0v) is 11.7. The van der Waals surface area contributed by atoms with Crippen LogP contribution in [0.3, 0.4) is 0 Å². The fraction of sp³-hybridized carbons (Fsp3) is 0.571. The fourth-order valence-electron chi connectivity index (χ4n) is 1.61. The van der Waals surface area contributed by atoms with E-state index in [2.05, 4.69) is 10.1 Å². The van der Waals surface area contributed by atoms with E-state index >= 15 is 0 Å². The SMILES string of the molecule is CC(NCC(O)C(C)C)c1ccc(OC(F)(F)F)cc1. The van der Waals surface area contributed by atoms with E-state index in [-0.39, 0.29) is 17.7 Å². The first-order valence-electron chi connectivity index (χ1n) is 6.46. The Balaban J connectivity index is 2.55.